The molecule has 5 heteroatoms. The fraction of sp³-hybridized carbons (Fsp3) is 0.467. The molecule has 3 N–H and O–H groups in total. The molecule has 0 aliphatic carbocycles. The second kappa shape index (κ2) is 4.81. The number of benzene rings is 1. The number of aromatic nitrogens is 3. The van der Waals surface area contributed by atoms with E-state index in [9.17, 15) is 0 Å². The van der Waals surface area contributed by atoms with Crippen molar-refractivity contribution in [2.45, 2.75) is 39.2 Å². The van der Waals surface area contributed by atoms with E-state index >= 15 is 0 Å². The first-order valence-corrected chi connectivity index (χ1v) is 7.12. The first-order valence-electron chi connectivity index (χ1n) is 7.12. The molecular weight excluding hydrogens is 250 g/mol. The van der Waals surface area contributed by atoms with Crippen molar-refractivity contribution in [1.82, 2.24) is 14.8 Å². The summed E-state index contributed by atoms with van der Waals surface area (Å²) in [5.41, 5.74) is 9.20. The van der Waals surface area contributed by atoms with Crippen LogP contribution in [0, 0.1) is 6.92 Å². The van der Waals surface area contributed by atoms with Gasteiger partial charge in [-0.3, -0.25) is 0 Å². The Morgan fingerprint density at radius 1 is 1.40 bits per heavy atom. The largest absolute Gasteiger partial charge is 0.399 e. The molecular formula is C15H21N5. The first kappa shape index (κ1) is 13.0. The lowest BCUT2D eigenvalue weighted by atomic mass is 10.0. The molecule has 1 aliphatic rings. The minimum absolute atomic E-state index is 0.217. The first-order chi connectivity index (χ1) is 9.56. The van der Waals surface area contributed by atoms with Crippen molar-refractivity contribution >= 4 is 11.6 Å². The SMILES string of the molecule is Cc1ccc(C2CCNc3nc(C(C)C)nn32)cc1N. The summed E-state index contributed by atoms with van der Waals surface area (Å²) in [5, 5.41) is 7.98. The van der Waals surface area contributed by atoms with Crippen molar-refractivity contribution in [3.63, 3.8) is 0 Å². The second-order valence-corrected chi connectivity index (χ2v) is 5.74. The molecule has 1 unspecified atom stereocenters. The number of hydrogen-bond donors (Lipinski definition) is 2. The van der Waals surface area contributed by atoms with Crippen LogP contribution in [0.4, 0.5) is 11.6 Å². The van der Waals surface area contributed by atoms with Gasteiger partial charge in [0.2, 0.25) is 5.95 Å². The van der Waals surface area contributed by atoms with Gasteiger partial charge in [-0.25, -0.2) is 4.68 Å². The summed E-state index contributed by atoms with van der Waals surface area (Å²) >= 11 is 0. The van der Waals surface area contributed by atoms with Gasteiger partial charge in [0.15, 0.2) is 5.82 Å². The van der Waals surface area contributed by atoms with Crippen LogP contribution in [0.2, 0.25) is 0 Å². The Hall–Kier alpha value is -2.04. The van der Waals surface area contributed by atoms with Crippen molar-refractivity contribution in [2.24, 2.45) is 0 Å². The van der Waals surface area contributed by atoms with Gasteiger partial charge in [0, 0.05) is 18.2 Å². The number of nitrogens with two attached hydrogens (primary N) is 1. The maximum atomic E-state index is 6.04. The lowest BCUT2D eigenvalue weighted by Crippen LogP contribution is -2.24. The van der Waals surface area contributed by atoms with Crippen molar-refractivity contribution in [3.05, 3.63) is 35.2 Å². The van der Waals surface area contributed by atoms with Gasteiger partial charge < -0.3 is 11.1 Å². The summed E-state index contributed by atoms with van der Waals surface area (Å²) in [6.07, 6.45) is 0.996. The molecule has 5 nitrogen and oxygen atoms in total. The Kier molecular flexibility index (Phi) is 3.12. The Balaban J connectivity index is 2.02. The smallest absolute Gasteiger partial charge is 0.221 e. The molecule has 20 heavy (non-hydrogen) atoms. The Morgan fingerprint density at radius 3 is 2.90 bits per heavy atom. The van der Waals surface area contributed by atoms with E-state index in [1.807, 2.05) is 11.6 Å². The van der Waals surface area contributed by atoms with E-state index < -0.39 is 0 Å². The van der Waals surface area contributed by atoms with Crippen LogP contribution >= 0.6 is 0 Å². The molecule has 1 atom stereocenters. The van der Waals surface area contributed by atoms with Gasteiger partial charge in [0.1, 0.15) is 0 Å². The molecule has 0 saturated heterocycles. The molecule has 1 aromatic heterocycles. The molecule has 0 fully saturated rings. The van der Waals surface area contributed by atoms with Gasteiger partial charge in [-0.1, -0.05) is 26.0 Å². The maximum absolute atomic E-state index is 6.04. The molecule has 0 amide bonds. The highest BCUT2D eigenvalue weighted by Gasteiger charge is 2.25. The van der Waals surface area contributed by atoms with Crippen molar-refractivity contribution in [1.29, 1.82) is 0 Å². The van der Waals surface area contributed by atoms with Crippen LogP contribution in [0.15, 0.2) is 18.2 Å². The van der Waals surface area contributed by atoms with E-state index in [0.29, 0.717) is 5.92 Å². The lowest BCUT2D eigenvalue weighted by Gasteiger charge is -2.25. The van der Waals surface area contributed by atoms with Gasteiger partial charge in [0.05, 0.1) is 6.04 Å². The van der Waals surface area contributed by atoms with E-state index in [0.717, 1.165) is 36.0 Å². The minimum Gasteiger partial charge on any atom is -0.399 e. The number of fused-ring (bicyclic) bond motifs is 1. The Labute approximate surface area is 119 Å². The van der Waals surface area contributed by atoms with Gasteiger partial charge in [0.25, 0.3) is 0 Å². The monoisotopic (exact) mass is 271 g/mol. The average molecular weight is 271 g/mol. The minimum atomic E-state index is 0.217. The highest BCUT2D eigenvalue weighted by molar-refractivity contribution is 5.49. The fourth-order valence-corrected chi connectivity index (χ4v) is 2.54. The number of aryl methyl sites for hydroxylation is 1. The van der Waals surface area contributed by atoms with E-state index in [4.69, 9.17) is 5.73 Å². The van der Waals surface area contributed by atoms with Gasteiger partial charge in [-0.2, -0.15) is 10.1 Å². The van der Waals surface area contributed by atoms with Crippen LogP contribution < -0.4 is 11.1 Å². The van der Waals surface area contributed by atoms with Crippen molar-refractivity contribution < 1.29 is 0 Å². The molecule has 2 aromatic rings. The van der Waals surface area contributed by atoms with Gasteiger partial charge in [-0.15, -0.1) is 0 Å². The molecule has 1 aromatic carbocycles. The predicted octanol–water partition coefficient (Wildman–Crippen LogP) is 2.70. The van der Waals surface area contributed by atoms with E-state index in [1.165, 1.54) is 5.56 Å². The van der Waals surface area contributed by atoms with E-state index in [1.54, 1.807) is 0 Å². The highest BCUT2D eigenvalue weighted by atomic mass is 15.4. The fourth-order valence-electron chi connectivity index (χ4n) is 2.54. The maximum Gasteiger partial charge on any atom is 0.221 e. The standard InChI is InChI=1S/C15H21N5/c1-9(2)14-18-15-17-7-6-13(20(15)19-14)11-5-4-10(3)12(16)8-11/h4-5,8-9,13H,6-7,16H2,1-3H3,(H,17,18,19). The van der Waals surface area contributed by atoms with Gasteiger partial charge >= 0.3 is 0 Å². The number of nitrogens with one attached hydrogen (secondary N) is 1. The molecule has 3 rings (SSSR count). The predicted molar refractivity (Wildman–Crippen MR) is 80.9 cm³/mol. The number of rotatable bonds is 2. The third-order valence-corrected chi connectivity index (χ3v) is 3.85. The molecule has 0 spiro atoms. The Morgan fingerprint density at radius 2 is 2.20 bits per heavy atom. The number of hydrogen-bond acceptors (Lipinski definition) is 4. The summed E-state index contributed by atoms with van der Waals surface area (Å²) in [5.74, 6) is 2.09. The van der Waals surface area contributed by atoms with Crippen LogP contribution in [0.5, 0.6) is 0 Å². The summed E-state index contributed by atoms with van der Waals surface area (Å²) in [7, 11) is 0. The summed E-state index contributed by atoms with van der Waals surface area (Å²) in [6.45, 7) is 7.16. The summed E-state index contributed by atoms with van der Waals surface area (Å²) < 4.78 is 2.00. The van der Waals surface area contributed by atoms with E-state index in [-0.39, 0.29) is 6.04 Å². The molecule has 0 radical (unpaired) electrons. The number of nitrogens with zero attached hydrogens (tertiary/aromatic N) is 3. The van der Waals surface area contributed by atoms with Gasteiger partial charge in [-0.05, 0) is 30.5 Å². The third-order valence-electron chi connectivity index (χ3n) is 3.85. The number of nitrogen functional groups attached to an aromatic ring is 1. The molecule has 2 heterocycles. The van der Waals surface area contributed by atoms with Crippen molar-refractivity contribution in [2.75, 3.05) is 17.6 Å². The van der Waals surface area contributed by atoms with Crippen molar-refractivity contribution in [3.8, 4) is 0 Å². The quantitative estimate of drug-likeness (QED) is 0.824. The molecule has 0 bridgehead atoms. The zero-order valence-electron chi connectivity index (χ0n) is 12.2. The highest BCUT2D eigenvalue weighted by Crippen LogP contribution is 2.30. The lowest BCUT2D eigenvalue weighted by molar-refractivity contribution is 0.475. The third kappa shape index (κ3) is 2.13. The topological polar surface area (TPSA) is 68.8 Å². The second-order valence-electron chi connectivity index (χ2n) is 5.74. The average Bonchev–Trinajstić information content (AvgIpc) is 2.86. The van der Waals surface area contributed by atoms with Crippen LogP contribution in [0.3, 0.4) is 0 Å². The molecule has 106 valence electrons. The number of anilines is 2. The normalized spacial score (nSPS) is 17.9. The van der Waals surface area contributed by atoms with E-state index in [2.05, 4.69) is 47.4 Å². The zero-order valence-corrected chi connectivity index (χ0v) is 12.2. The molecule has 1 aliphatic heterocycles. The van der Waals surface area contributed by atoms with Crippen LogP contribution in [0.1, 0.15) is 49.2 Å². The van der Waals surface area contributed by atoms with Crippen LogP contribution in [0.25, 0.3) is 0 Å². The molecule has 0 saturated carbocycles. The summed E-state index contributed by atoms with van der Waals surface area (Å²) in [4.78, 5) is 4.58. The Bertz CT molecular complexity index is 629. The zero-order chi connectivity index (χ0) is 14.3. The van der Waals surface area contributed by atoms with Crippen LogP contribution in [-0.2, 0) is 0 Å². The summed E-state index contributed by atoms with van der Waals surface area (Å²) in [6, 6.07) is 6.50. The van der Waals surface area contributed by atoms with Crippen LogP contribution in [-0.4, -0.2) is 21.3 Å².